The van der Waals surface area contributed by atoms with Crippen LogP contribution in [-0.2, 0) is 10.2 Å². The van der Waals surface area contributed by atoms with E-state index in [1.807, 2.05) is 65.7 Å². The second kappa shape index (κ2) is 10.2. The minimum absolute atomic E-state index is 0.252. The summed E-state index contributed by atoms with van der Waals surface area (Å²) in [5.74, 6) is -2.22. The molecular formula is C36H27FN2O4. The van der Waals surface area contributed by atoms with Gasteiger partial charge in [0, 0.05) is 23.0 Å². The zero-order valence-corrected chi connectivity index (χ0v) is 23.1. The largest absolute Gasteiger partial charge is 0.490 e. The lowest BCUT2D eigenvalue weighted by Gasteiger charge is -2.38. The average Bonchev–Trinajstić information content (AvgIpc) is 3.52. The number of hydrogen-bond donors (Lipinski definition) is 1. The number of carbonyl (C=O) groups is 3. The van der Waals surface area contributed by atoms with Gasteiger partial charge in [0.2, 0.25) is 5.91 Å². The Morgan fingerprint density at radius 2 is 1.70 bits per heavy atom. The lowest BCUT2D eigenvalue weighted by atomic mass is 9.62. The smallest absolute Gasteiger partial charge is 0.238 e. The first-order chi connectivity index (χ1) is 20.9. The Kier molecular flexibility index (Phi) is 6.31. The van der Waals surface area contributed by atoms with Crippen molar-refractivity contribution >= 4 is 29.2 Å². The molecule has 4 aromatic rings. The molecule has 43 heavy (non-hydrogen) atoms. The normalized spacial score (nSPS) is 22.9. The van der Waals surface area contributed by atoms with Gasteiger partial charge in [0.15, 0.2) is 11.6 Å². The molecule has 3 aliphatic rings. The maximum atomic E-state index is 14.9. The zero-order valence-electron chi connectivity index (χ0n) is 23.1. The summed E-state index contributed by atoms with van der Waals surface area (Å²) < 4.78 is 19.6. The first-order valence-corrected chi connectivity index (χ1v) is 14.1. The van der Waals surface area contributed by atoms with Crippen molar-refractivity contribution in [2.45, 2.75) is 17.5 Å². The van der Waals surface area contributed by atoms with Crippen LogP contribution >= 0.6 is 0 Å². The van der Waals surface area contributed by atoms with Crippen LogP contribution in [0.15, 0.2) is 116 Å². The Balaban J connectivity index is 1.50. The highest BCUT2D eigenvalue weighted by Gasteiger charge is 2.70. The van der Waals surface area contributed by atoms with E-state index >= 15 is 0 Å². The van der Waals surface area contributed by atoms with Crippen LogP contribution in [0.3, 0.4) is 0 Å². The van der Waals surface area contributed by atoms with E-state index in [1.165, 1.54) is 24.3 Å². The number of Topliss-reactive ketones (excluding diaryl/α,β-unsaturated/α-hetero) is 2. The molecule has 4 atom stereocenters. The molecule has 6 nitrogen and oxygen atoms in total. The molecule has 0 radical (unpaired) electrons. The van der Waals surface area contributed by atoms with E-state index in [-0.39, 0.29) is 29.6 Å². The molecule has 7 heteroatoms. The highest BCUT2D eigenvalue weighted by atomic mass is 19.1. The van der Waals surface area contributed by atoms with Gasteiger partial charge in [-0.2, -0.15) is 0 Å². The number of anilines is 1. The number of nitrogens with zero attached hydrogens (tertiary/aromatic N) is 1. The number of ketones is 2. The maximum Gasteiger partial charge on any atom is 0.238 e. The molecule has 0 saturated carbocycles. The van der Waals surface area contributed by atoms with Crippen molar-refractivity contribution in [2.75, 3.05) is 11.9 Å². The van der Waals surface area contributed by atoms with Crippen LogP contribution in [0, 0.1) is 11.7 Å². The van der Waals surface area contributed by atoms with E-state index in [4.69, 9.17) is 4.74 Å². The summed E-state index contributed by atoms with van der Waals surface area (Å²) in [5.41, 5.74) is 2.13. The third kappa shape index (κ3) is 3.96. The minimum Gasteiger partial charge on any atom is -0.490 e. The van der Waals surface area contributed by atoms with E-state index in [2.05, 4.69) is 11.9 Å². The van der Waals surface area contributed by atoms with Gasteiger partial charge in [-0.15, -0.1) is 0 Å². The van der Waals surface area contributed by atoms with Crippen LogP contribution < -0.4 is 10.1 Å². The van der Waals surface area contributed by atoms with Gasteiger partial charge < -0.3 is 15.0 Å². The van der Waals surface area contributed by atoms with Gasteiger partial charge in [-0.1, -0.05) is 67.3 Å². The van der Waals surface area contributed by atoms with Gasteiger partial charge in [0.1, 0.15) is 29.6 Å². The molecular weight excluding hydrogens is 543 g/mol. The van der Waals surface area contributed by atoms with Crippen LogP contribution in [-0.4, -0.2) is 35.0 Å². The van der Waals surface area contributed by atoms with Gasteiger partial charge in [0.05, 0.1) is 12.0 Å². The number of amides is 1. The van der Waals surface area contributed by atoms with Gasteiger partial charge in [-0.25, -0.2) is 4.39 Å². The fourth-order valence-electron chi connectivity index (χ4n) is 7.03. The van der Waals surface area contributed by atoms with Gasteiger partial charge in [-0.3, -0.25) is 14.4 Å². The Hall–Kier alpha value is -5.30. The minimum atomic E-state index is -1.45. The van der Waals surface area contributed by atoms with Crippen molar-refractivity contribution < 1.29 is 23.5 Å². The Labute approximate surface area is 248 Å². The third-order valence-corrected chi connectivity index (χ3v) is 8.74. The lowest BCUT2D eigenvalue weighted by molar-refractivity contribution is -0.122. The lowest BCUT2D eigenvalue weighted by Crippen LogP contribution is -2.49. The molecule has 3 heterocycles. The highest BCUT2D eigenvalue weighted by Crippen LogP contribution is 2.62. The molecule has 0 aromatic heterocycles. The van der Waals surface area contributed by atoms with Gasteiger partial charge in [-0.05, 0) is 65.2 Å². The molecule has 7 rings (SSSR count). The highest BCUT2D eigenvalue weighted by molar-refractivity contribution is 6.16. The summed E-state index contributed by atoms with van der Waals surface area (Å²) in [4.78, 5) is 45.8. The van der Waals surface area contributed by atoms with Crippen LogP contribution in [0.2, 0.25) is 0 Å². The standard InChI is InChI=1S/C36H27FN2O4/c1-2-20-43-26-10-7-9-24(21-26)32(40)30-31(33(41)23-14-16-25(37)17-15-23)39-19-18-22-8-3-4-11-27(22)34(39)36(30)28-12-5-6-13-29(28)38-35(36)42/h2-19,21,30-31,34H,1,20H2,(H,38,42)/t30-,31-,34-,36-/m1/s1. The van der Waals surface area contributed by atoms with Crippen molar-refractivity contribution in [2.24, 2.45) is 5.92 Å². The average molecular weight is 571 g/mol. The van der Waals surface area contributed by atoms with Crippen molar-refractivity contribution in [3.05, 3.63) is 150 Å². The van der Waals surface area contributed by atoms with Gasteiger partial charge >= 0.3 is 0 Å². The van der Waals surface area contributed by atoms with Crippen molar-refractivity contribution in [3.63, 3.8) is 0 Å². The summed E-state index contributed by atoms with van der Waals surface area (Å²) >= 11 is 0. The monoisotopic (exact) mass is 570 g/mol. The molecule has 0 aliphatic carbocycles. The van der Waals surface area contributed by atoms with E-state index < -0.39 is 29.2 Å². The quantitative estimate of drug-likeness (QED) is 0.206. The summed E-state index contributed by atoms with van der Waals surface area (Å²) in [7, 11) is 0. The molecule has 0 bridgehead atoms. The van der Waals surface area contributed by atoms with Crippen LogP contribution in [0.5, 0.6) is 5.75 Å². The number of ether oxygens (including phenoxy) is 1. The number of para-hydroxylation sites is 1. The molecule has 3 aliphatic heterocycles. The Bertz CT molecular complexity index is 1830. The fraction of sp³-hybridized carbons (Fsp3) is 0.139. The summed E-state index contributed by atoms with van der Waals surface area (Å²) in [6.07, 6.45) is 5.32. The molecule has 1 amide bonds. The second-order valence-electron chi connectivity index (χ2n) is 10.9. The fourth-order valence-corrected chi connectivity index (χ4v) is 7.03. The number of benzene rings is 4. The van der Waals surface area contributed by atoms with E-state index in [9.17, 15) is 18.8 Å². The summed E-state index contributed by atoms with van der Waals surface area (Å²) in [5, 5.41) is 3.04. The molecule has 1 fully saturated rings. The van der Waals surface area contributed by atoms with Crippen LogP contribution in [0.1, 0.15) is 43.4 Å². The van der Waals surface area contributed by atoms with E-state index in [0.717, 1.165) is 11.1 Å². The van der Waals surface area contributed by atoms with Crippen molar-refractivity contribution in [3.8, 4) is 5.75 Å². The number of hydrogen-bond acceptors (Lipinski definition) is 5. The number of fused-ring (bicyclic) bond motifs is 6. The van der Waals surface area contributed by atoms with Crippen molar-refractivity contribution in [1.82, 2.24) is 4.90 Å². The summed E-state index contributed by atoms with van der Waals surface area (Å²) in [6.45, 7) is 3.94. The molecule has 0 unspecified atom stereocenters. The van der Waals surface area contributed by atoms with E-state index in [0.29, 0.717) is 22.6 Å². The Morgan fingerprint density at radius 3 is 2.51 bits per heavy atom. The molecule has 212 valence electrons. The topological polar surface area (TPSA) is 75.7 Å². The Morgan fingerprint density at radius 1 is 0.930 bits per heavy atom. The SMILES string of the molecule is C=CCOc1cccc(C(=O)[C@H]2[C@H](C(=O)c3ccc(F)cc3)N3C=Cc4ccccc4[C@@H]3[C@]23C(=O)Nc2ccccc23)c1. The molecule has 4 aromatic carbocycles. The third-order valence-electron chi connectivity index (χ3n) is 8.74. The first-order valence-electron chi connectivity index (χ1n) is 14.1. The second-order valence-corrected chi connectivity index (χ2v) is 10.9. The predicted octanol–water partition coefficient (Wildman–Crippen LogP) is 6.37. The van der Waals surface area contributed by atoms with Crippen molar-refractivity contribution in [1.29, 1.82) is 0 Å². The number of carbonyl (C=O) groups excluding carboxylic acids is 3. The van der Waals surface area contributed by atoms with Crippen LogP contribution in [0.25, 0.3) is 6.08 Å². The number of nitrogens with one attached hydrogen (secondary N) is 1. The molecule has 1 N–H and O–H groups in total. The predicted molar refractivity (Wildman–Crippen MR) is 161 cm³/mol. The van der Waals surface area contributed by atoms with E-state index in [1.54, 1.807) is 30.3 Å². The van der Waals surface area contributed by atoms with Gasteiger partial charge in [0.25, 0.3) is 0 Å². The maximum absolute atomic E-state index is 14.9. The molecule has 1 spiro atoms. The number of halogens is 1. The number of rotatable bonds is 7. The van der Waals surface area contributed by atoms with Crippen LogP contribution in [0.4, 0.5) is 10.1 Å². The zero-order chi connectivity index (χ0) is 29.7. The first kappa shape index (κ1) is 26.6. The molecule has 1 saturated heterocycles. The summed E-state index contributed by atoms with van der Waals surface area (Å²) in [6, 6.07) is 25.4.